The molecule has 12 nitrogen and oxygen atoms in total. The fraction of sp³-hybridized carbons (Fsp3) is 0.106. The van der Waals surface area contributed by atoms with E-state index < -0.39 is 12.1 Å². The fourth-order valence-electron chi connectivity index (χ4n) is 21.0. The van der Waals surface area contributed by atoms with Crippen molar-refractivity contribution in [3.05, 3.63) is 517 Å². The summed E-state index contributed by atoms with van der Waals surface area (Å²) in [4.78, 5) is 23.4. The van der Waals surface area contributed by atoms with Crippen LogP contribution >= 0.6 is 0 Å². The number of rotatable bonds is 6. The van der Waals surface area contributed by atoms with Crippen LogP contribution in [0.2, 0.25) is 0 Å². The molecular weight excluding hydrogens is 2140 g/mol. The first-order chi connectivity index (χ1) is 73.8. The Kier molecular flexibility index (Phi) is 25.0. The van der Waals surface area contributed by atoms with E-state index in [2.05, 4.69) is 387 Å². The maximum Gasteiger partial charge on any atom is 0.295 e. The van der Waals surface area contributed by atoms with Crippen molar-refractivity contribution in [2.45, 2.75) is 93.9 Å². The van der Waals surface area contributed by atoms with E-state index in [4.69, 9.17) is 16.1 Å². The third-order valence-corrected chi connectivity index (χ3v) is 27.6. The second kappa shape index (κ2) is 41.9. The number of fused-ring (bicyclic) bond motifs is 19. The van der Waals surface area contributed by atoms with E-state index in [9.17, 15) is 4.79 Å². The smallest absolute Gasteiger partial charge is 0.295 e. The van der Waals surface area contributed by atoms with Crippen LogP contribution in [0, 0.1) is 52.8 Å². The predicted molar refractivity (Wildman–Crippen MR) is 585 cm³/mol. The van der Waals surface area contributed by atoms with Crippen molar-refractivity contribution in [1.82, 2.24) is 28.5 Å². The third-order valence-electron chi connectivity index (χ3n) is 27.6. The maximum atomic E-state index is 10.0. The number of carbonyl (C=O) groups excluding carboxylic acids is 1. The molecule has 714 valence electrons. The van der Waals surface area contributed by atoms with Crippen LogP contribution in [0.25, 0.3) is 172 Å². The molecule has 16 aromatic carbocycles. The van der Waals surface area contributed by atoms with Gasteiger partial charge in [0.15, 0.2) is 35.2 Å². The molecule has 0 atom stereocenters. The molecule has 0 fully saturated rings. The van der Waals surface area contributed by atoms with Gasteiger partial charge in [-0.05, 0) is 191 Å². The van der Waals surface area contributed by atoms with Crippen LogP contribution in [0.1, 0.15) is 99.9 Å². The van der Waals surface area contributed by atoms with Gasteiger partial charge in [-0.3, -0.25) is 4.79 Å². The topological polar surface area (TPSA) is 106 Å². The van der Waals surface area contributed by atoms with Crippen molar-refractivity contribution >= 4 is 87.2 Å². The second-order valence-corrected chi connectivity index (χ2v) is 37.5. The number of carbonyl (C=O) groups is 1. The van der Waals surface area contributed by atoms with Gasteiger partial charge in [-0.15, -0.1) is 107 Å². The zero-order valence-electron chi connectivity index (χ0n) is 90.2. The quantitative estimate of drug-likeness (QED) is 0.0587. The number of para-hydroxylation sites is 2. The van der Waals surface area contributed by atoms with Gasteiger partial charge in [0.1, 0.15) is 56.5 Å². The Bertz CT molecular complexity index is 9560. The van der Waals surface area contributed by atoms with E-state index in [0.29, 0.717) is 5.56 Å². The van der Waals surface area contributed by atoms with Crippen LogP contribution in [0.3, 0.4) is 0 Å². The van der Waals surface area contributed by atoms with E-state index >= 15 is 0 Å². The molecule has 29 rings (SSSR count). The molecule has 146 heavy (non-hydrogen) atoms. The zero-order valence-corrected chi connectivity index (χ0v) is 87.0. The van der Waals surface area contributed by atoms with Crippen molar-refractivity contribution in [2.24, 2.45) is 0 Å². The van der Waals surface area contributed by atoms with Gasteiger partial charge in [-0.25, -0.2) is 13.7 Å². The van der Waals surface area contributed by atoms with Crippen molar-refractivity contribution in [3.63, 3.8) is 0 Å². The molecule has 0 saturated heterocycles. The van der Waals surface area contributed by atoms with E-state index in [1.54, 1.807) is 0 Å². The molecule has 0 saturated carbocycles. The Labute approximate surface area is 889 Å². The SMILES string of the molecule is CC(=O)C=C(C)O.Cc1[c-]c2c(cc1)C(C)(C)c1cccc3ccnc-2c13.Cc1ccc(-c2[c-]cccc2)nc1.Cc1ccc2c(c1)c1cccc3c1c1n2c(-c2c(C)cccc2C)c[n+]1C3.[2H]c1c([2H])c([2H])c2c(c1[2H])C[n+]1c([2H])c([2H])c([2H])c([2H])c1-2.[Ir].[Ir].[c-]1ccccc1-c1nccc2ccccc12.c1ccc2c(c1)C[n+]1c-2n(-c2cccc3ccccc23)c2ccccc21.c1ccc2c(c1)C[n+]1ccn(-c3cccc4ccccc34)c1-2. The molecule has 1 aliphatic carbocycles. The maximum absolute atomic E-state index is 10.0. The van der Waals surface area contributed by atoms with Crippen LogP contribution < -0.4 is 18.3 Å². The Balaban J connectivity index is 0.000000108. The van der Waals surface area contributed by atoms with E-state index in [1.165, 1.54) is 207 Å². The average Bonchev–Trinajstić information content (AvgIpc) is 1.53. The fourth-order valence-corrected chi connectivity index (χ4v) is 21.0. The number of imidazole rings is 3. The van der Waals surface area contributed by atoms with Crippen LogP contribution in [-0.2, 0) is 76.6 Å². The number of aliphatic hydroxyl groups excluding tert-OH is 1. The summed E-state index contributed by atoms with van der Waals surface area (Å²) in [6.07, 6.45) is 13.2. The van der Waals surface area contributed by atoms with Gasteiger partial charge in [0.2, 0.25) is 5.69 Å². The summed E-state index contributed by atoms with van der Waals surface area (Å²) in [5.41, 5.74) is 33.0. The van der Waals surface area contributed by atoms with E-state index in [1.807, 2.05) is 98.3 Å². The number of benzene rings is 16. The Morgan fingerprint density at radius 3 is 1.76 bits per heavy atom. The molecule has 8 aromatic heterocycles. The van der Waals surface area contributed by atoms with Crippen LogP contribution in [-0.4, -0.2) is 39.4 Å². The van der Waals surface area contributed by atoms with Crippen molar-refractivity contribution < 1.29 is 79.3 Å². The number of aliphatic hydroxyl groups is 1. The minimum absolute atomic E-state index is 0. The number of hydrogen-bond donors (Lipinski definition) is 1. The normalized spacial score (nSPS) is 13.0. The summed E-state index contributed by atoms with van der Waals surface area (Å²) in [5, 5.41) is 22.5. The van der Waals surface area contributed by atoms with E-state index in [0.717, 1.165) is 53.4 Å². The Morgan fingerprint density at radius 2 is 1.04 bits per heavy atom. The van der Waals surface area contributed by atoms with Crippen LogP contribution in [0.5, 0.6) is 0 Å². The molecule has 4 aliphatic heterocycles. The molecular formula is C132H107Ir2N10O2+. The first-order valence-electron chi connectivity index (χ1n) is 52.6. The number of allylic oxidation sites excluding steroid dienone is 2. The first kappa shape index (κ1) is 87.4. The van der Waals surface area contributed by atoms with Gasteiger partial charge in [-0.1, -0.05) is 263 Å². The number of aromatic nitrogens is 10. The van der Waals surface area contributed by atoms with Crippen molar-refractivity contribution in [2.75, 3.05) is 0 Å². The minimum Gasteiger partial charge on any atom is -0.512 e. The van der Waals surface area contributed by atoms with Crippen molar-refractivity contribution in [1.29, 1.82) is 0 Å². The number of pyridine rings is 5. The minimum atomic E-state index is -0.411. The monoisotopic (exact) mass is 2260 g/mol. The molecule has 2 radical (unpaired) electrons. The molecule has 0 bridgehead atoms. The van der Waals surface area contributed by atoms with Gasteiger partial charge >= 0.3 is 0 Å². The molecule has 0 spiro atoms. The summed E-state index contributed by atoms with van der Waals surface area (Å²) in [7, 11) is 0. The summed E-state index contributed by atoms with van der Waals surface area (Å²) in [6, 6.07) is 127. The van der Waals surface area contributed by atoms with Crippen LogP contribution in [0.4, 0.5) is 0 Å². The average molecular weight is 2260 g/mol. The predicted octanol–water partition coefficient (Wildman–Crippen LogP) is 28.8. The molecule has 14 heteroatoms. The number of nitrogens with zero attached hydrogens (tertiary/aromatic N) is 10. The molecule has 0 amide bonds. The summed E-state index contributed by atoms with van der Waals surface area (Å²) >= 11 is 0. The van der Waals surface area contributed by atoms with Gasteiger partial charge in [0.25, 0.3) is 17.3 Å². The molecule has 24 aromatic rings. The molecule has 12 heterocycles. The molecule has 5 aliphatic rings. The largest absolute Gasteiger partial charge is 0.512 e. The summed E-state index contributed by atoms with van der Waals surface area (Å²) in [6.45, 7) is 21.0. The molecule has 0 unspecified atom stereocenters. The zero-order chi connectivity index (χ0) is 105. The van der Waals surface area contributed by atoms with Gasteiger partial charge < -0.3 is 20.1 Å². The molecule has 1 N–H and O–H groups in total. The third kappa shape index (κ3) is 18.7. The second-order valence-electron chi connectivity index (χ2n) is 37.5. The number of aryl methyl sites for hydroxylation is 5. The van der Waals surface area contributed by atoms with Crippen molar-refractivity contribution in [3.8, 4) is 90.4 Å². The Morgan fingerprint density at radius 1 is 0.459 bits per heavy atom. The number of ketones is 1. The van der Waals surface area contributed by atoms with Crippen LogP contribution in [0.15, 0.2) is 437 Å². The number of hydrogen-bond acceptors (Lipinski definition) is 5. The van der Waals surface area contributed by atoms with Gasteiger partial charge in [-0.2, -0.15) is 18.1 Å². The van der Waals surface area contributed by atoms with E-state index in [-0.39, 0.29) is 111 Å². The standard InChI is InChI=1S/C25H21N2.C24H17N2.C20H15N2.C19H16N.C15H10N.2C12H10N.C5H8O2.2Ir/c1-15-10-11-21-20(12-15)19-9-5-8-18-13-26-14-22(27(21)25(26)24(18)19)23-16(2)6-4-7-17(23)3;1-3-11-19-17(8-1)10-7-15-21(19)26-23-14-6-5-13-22(23)25-16-18-9-2-4-12-20(18)24(25)26;1-3-9-17-15(6-1)8-5-11-19(17)22-13-12-21-14-16-7-2-4-10-18(16)20(21)22;1-12-7-8-15-14(11-12)18-17-13(9-10-20-18)5-4-6-16(17)19(15,2)3;1-2-7-13(8-3-1)15-14-9-5-4-6-12(14)10-11-16-15;1-2-6-11-10(5-1)9-13-8-4-3-7-12(11)13;1-10-7-8-12(13-9-10)11-5-3-2-4-6-11;1-4(6)3-5(2)7;;/h4-12,14H,13H2,1-3H3;1-15H,16H2;1-13H,14H2;4-10H,1-3H3;1-7,9-11H;1-8H,9H2;2-5,7-9H,1H3;3,6H,1-2H3;;/q3*+1;2*-1;+1;-1;;;/i;;;;;1D,2D,3D,4D,5D,6D,7D,8D;;;;. The first-order valence-corrected chi connectivity index (χ1v) is 48.6. The van der Waals surface area contributed by atoms with Gasteiger partial charge in [0, 0.05) is 126 Å². The Hall–Kier alpha value is -16.4. The summed E-state index contributed by atoms with van der Waals surface area (Å²) in [5.74, 6) is 2.48. The van der Waals surface area contributed by atoms with Gasteiger partial charge in [0.05, 0.1) is 37.4 Å². The summed E-state index contributed by atoms with van der Waals surface area (Å²) < 4.78 is 78.3.